The lowest BCUT2D eigenvalue weighted by atomic mass is 10.1. The smallest absolute Gasteiger partial charge is 0.192 e. The highest BCUT2D eigenvalue weighted by Gasteiger charge is 2.31. The molecule has 0 aliphatic rings. The van der Waals surface area contributed by atoms with Crippen molar-refractivity contribution >= 4 is 14.6 Å². The molecule has 0 aliphatic carbocycles. The molecule has 0 fully saturated rings. The Morgan fingerprint density at radius 1 is 1.14 bits per heavy atom. The van der Waals surface area contributed by atoms with Crippen LogP contribution in [0.3, 0.4) is 0 Å². The zero-order valence-corrected chi connectivity index (χ0v) is 11.2. The van der Waals surface area contributed by atoms with E-state index in [2.05, 4.69) is 20.8 Å². The van der Waals surface area contributed by atoms with Gasteiger partial charge in [-0.15, -0.1) is 0 Å². The Balaban J connectivity index is 4.35. The molecule has 0 rings (SSSR count). The number of hydrogen-bond acceptors (Lipinski definition) is 2. The first-order chi connectivity index (χ1) is 6.55. The molecular weight excluding hydrogens is 192 g/mol. The molecule has 2 nitrogen and oxygen atoms in total. The molecule has 0 aromatic rings. The van der Waals surface area contributed by atoms with Gasteiger partial charge in [-0.3, -0.25) is 0 Å². The molecule has 0 saturated carbocycles. The summed E-state index contributed by atoms with van der Waals surface area (Å²) in [4.78, 5) is 10.6. The van der Waals surface area contributed by atoms with E-state index >= 15 is 0 Å². The van der Waals surface area contributed by atoms with Crippen LogP contribution in [0.4, 0.5) is 0 Å². The van der Waals surface area contributed by atoms with Crippen LogP contribution >= 0.6 is 0 Å². The van der Waals surface area contributed by atoms with Gasteiger partial charge >= 0.3 is 0 Å². The summed E-state index contributed by atoms with van der Waals surface area (Å²) in [7, 11) is -1.52. The molecule has 2 atom stereocenters. The molecule has 0 aliphatic heterocycles. The predicted molar refractivity (Wildman–Crippen MR) is 63.0 cm³/mol. The third-order valence-corrected chi connectivity index (χ3v) is 8.06. The fourth-order valence-electron chi connectivity index (χ4n) is 1.61. The van der Waals surface area contributed by atoms with Gasteiger partial charge < -0.3 is 9.22 Å². The number of aldehydes is 1. The summed E-state index contributed by atoms with van der Waals surface area (Å²) in [5.41, 5.74) is 0. The standard InChI is InChI=1S/C11H24O2Si/c1-6-14(7-2,8-3)13-11(5)10(4)9-12/h9-11H,6-8H2,1-5H3/t10-,11+/m1/s1. The maximum Gasteiger partial charge on any atom is 0.192 e. The van der Waals surface area contributed by atoms with Gasteiger partial charge in [-0.25, -0.2) is 0 Å². The molecule has 0 unspecified atom stereocenters. The maximum atomic E-state index is 10.6. The Hall–Kier alpha value is -0.153. The van der Waals surface area contributed by atoms with Crippen LogP contribution in [0.2, 0.25) is 18.1 Å². The minimum Gasteiger partial charge on any atom is -0.414 e. The number of carbonyl (C=O) groups excluding carboxylic acids is 1. The van der Waals surface area contributed by atoms with Crippen LogP contribution in [0.1, 0.15) is 34.6 Å². The predicted octanol–water partition coefficient (Wildman–Crippen LogP) is 3.23. The van der Waals surface area contributed by atoms with Crippen molar-refractivity contribution in [3.8, 4) is 0 Å². The molecule has 0 heterocycles. The average Bonchev–Trinajstić information content (AvgIpc) is 2.24. The summed E-state index contributed by atoms with van der Waals surface area (Å²) in [6.45, 7) is 10.6. The van der Waals surface area contributed by atoms with Crippen molar-refractivity contribution in [1.29, 1.82) is 0 Å². The van der Waals surface area contributed by atoms with Gasteiger partial charge in [0, 0.05) is 5.92 Å². The summed E-state index contributed by atoms with van der Waals surface area (Å²) in [5.74, 6) is 0.0199. The molecule has 3 heteroatoms. The van der Waals surface area contributed by atoms with Crippen molar-refractivity contribution in [2.24, 2.45) is 5.92 Å². The Morgan fingerprint density at radius 2 is 1.57 bits per heavy atom. The van der Waals surface area contributed by atoms with Gasteiger partial charge in [0.25, 0.3) is 0 Å². The molecule has 0 saturated heterocycles. The highest BCUT2D eigenvalue weighted by atomic mass is 28.4. The summed E-state index contributed by atoms with van der Waals surface area (Å²) in [6, 6.07) is 3.45. The number of carbonyl (C=O) groups is 1. The molecule has 0 aromatic heterocycles. The fraction of sp³-hybridized carbons (Fsp3) is 0.909. The highest BCUT2D eigenvalue weighted by molar-refractivity contribution is 6.73. The summed E-state index contributed by atoms with van der Waals surface area (Å²) in [5, 5.41) is 0. The molecule has 14 heavy (non-hydrogen) atoms. The largest absolute Gasteiger partial charge is 0.414 e. The third-order valence-electron chi connectivity index (χ3n) is 3.32. The van der Waals surface area contributed by atoms with Crippen LogP contribution in [0.15, 0.2) is 0 Å². The van der Waals surface area contributed by atoms with E-state index in [0.717, 1.165) is 24.4 Å². The molecule has 84 valence electrons. The van der Waals surface area contributed by atoms with Crippen LogP contribution in [0.5, 0.6) is 0 Å². The van der Waals surface area contributed by atoms with E-state index in [4.69, 9.17) is 4.43 Å². The van der Waals surface area contributed by atoms with Crippen molar-refractivity contribution < 1.29 is 9.22 Å². The molecule has 0 spiro atoms. The van der Waals surface area contributed by atoms with Crippen molar-refractivity contribution in [3.63, 3.8) is 0 Å². The van der Waals surface area contributed by atoms with Crippen molar-refractivity contribution in [3.05, 3.63) is 0 Å². The Bertz CT molecular complexity index is 158. The van der Waals surface area contributed by atoms with E-state index in [1.807, 2.05) is 13.8 Å². The first kappa shape index (κ1) is 13.8. The topological polar surface area (TPSA) is 26.3 Å². The van der Waals surface area contributed by atoms with E-state index in [-0.39, 0.29) is 12.0 Å². The van der Waals surface area contributed by atoms with Gasteiger partial charge in [0.1, 0.15) is 6.29 Å². The first-order valence-electron chi connectivity index (χ1n) is 5.68. The average molecular weight is 216 g/mol. The summed E-state index contributed by atoms with van der Waals surface area (Å²) < 4.78 is 6.15. The van der Waals surface area contributed by atoms with Crippen LogP contribution < -0.4 is 0 Å². The lowest BCUT2D eigenvalue weighted by molar-refractivity contribution is -0.112. The van der Waals surface area contributed by atoms with Gasteiger partial charge in [0.15, 0.2) is 8.32 Å². The lowest BCUT2D eigenvalue weighted by Gasteiger charge is -2.32. The Kier molecular flexibility index (Phi) is 6.28. The molecule has 0 aromatic carbocycles. The Morgan fingerprint density at radius 3 is 1.86 bits per heavy atom. The highest BCUT2D eigenvalue weighted by Crippen LogP contribution is 2.24. The minimum atomic E-state index is -1.52. The maximum absolute atomic E-state index is 10.6. The SMILES string of the molecule is CC[Si](CC)(CC)O[C@@H](C)[C@H](C)C=O. The van der Waals surface area contributed by atoms with Crippen molar-refractivity contribution in [2.45, 2.75) is 58.9 Å². The second kappa shape index (κ2) is 6.35. The zero-order chi connectivity index (χ0) is 11.2. The molecule has 0 bridgehead atoms. The van der Waals surface area contributed by atoms with Crippen LogP contribution in [0.25, 0.3) is 0 Å². The fourth-order valence-corrected chi connectivity index (χ4v) is 4.62. The Labute approximate surface area is 89.2 Å². The van der Waals surface area contributed by atoms with Crippen molar-refractivity contribution in [1.82, 2.24) is 0 Å². The second-order valence-corrected chi connectivity index (χ2v) is 8.78. The van der Waals surface area contributed by atoms with Crippen LogP contribution in [0, 0.1) is 5.92 Å². The first-order valence-corrected chi connectivity index (χ1v) is 8.21. The molecule has 0 radical (unpaired) electrons. The quantitative estimate of drug-likeness (QED) is 0.482. The molecule has 0 amide bonds. The van der Waals surface area contributed by atoms with Crippen LogP contribution in [-0.4, -0.2) is 20.7 Å². The third kappa shape index (κ3) is 3.54. The molecule has 0 N–H and O–H groups in total. The van der Waals surface area contributed by atoms with Gasteiger partial charge in [-0.05, 0) is 25.1 Å². The number of rotatable bonds is 7. The van der Waals surface area contributed by atoms with Crippen molar-refractivity contribution in [2.75, 3.05) is 0 Å². The van der Waals surface area contributed by atoms with Gasteiger partial charge in [-0.1, -0.05) is 27.7 Å². The van der Waals surface area contributed by atoms with Gasteiger partial charge in [0.2, 0.25) is 0 Å². The van der Waals surface area contributed by atoms with Gasteiger partial charge in [-0.2, -0.15) is 0 Å². The lowest BCUT2D eigenvalue weighted by Crippen LogP contribution is -2.41. The van der Waals surface area contributed by atoms with Crippen LogP contribution in [-0.2, 0) is 9.22 Å². The van der Waals surface area contributed by atoms with E-state index in [0.29, 0.717) is 0 Å². The second-order valence-electron chi connectivity index (χ2n) is 4.06. The summed E-state index contributed by atoms with van der Waals surface area (Å²) in [6.07, 6.45) is 1.07. The van der Waals surface area contributed by atoms with E-state index < -0.39 is 8.32 Å². The van der Waals surface area contributed by atoms with Gasteiger partial charge in [0.05, 0.1) is 6.10 Å². The normalized spacial score (nSPS) is 16.4. The van der Waals surface area contributed by atoms with E-state index in [1.54, 1.807) is 0 Å². The summed E-state index contributed by atoms with van der Waals surface area (Å²) >= 11 is 0. The minimum absolute atomic E-state index is 0.0199. The van der Waals surface area contributed by atoms with E-state index in [1.165, 1.54) is 0 Å². The zero-order valence-electron chi connectivity index (χ0n) is 10.2. The molecular formula is C11H24O2Si. The monoisotopic (exact) mass is 216 g/mol. The van der Waals surface area contributed by atoms with E-state index in [9.17, 15) is 4.79 Å². The number of hydrogen-bond donors (Lipinski definition) is 0.